The van der Waals surface area contributed by atoms with E-state index in [0.717, 1.165) is 17.0 Å². The van der Waals surface area contributed by atoms with Gasteiger partial charge in [0.05, 0.1) is 49.7 Å². The van der Waals surface area contributed by atoms with Gasteiger partial charge in [-0.2, -0.15) is 0 Å². The SMILES string of the molecule is COCCOC(=O)C1=C(C)N=C2SC=C(CC(=O)NCc3ccccn3)N2[C@H]1c1ccccc1OC. The molecule has 36 heavy (non-hydrogen) atoms. The first-order chi connectivity index (χ1) is 17.5. The van der Waals surface area contributed by atoms with Gasteiger partial charge in [0, 0.05) is 24.6 Å². The molecule has 1 N–H and O–H groups in total. The van der Waals surface area contributed by atoms with Gasteiger partial charge < -0.3 is 24.4 Å². The molecule has 0 unspecified atom stereocenters. The Bertz CT molecular complexity index is 1210. The number of rotatable bonds is 10. The lowest BCUT2D eigenvalue weighted by molar-refractivity contribution is -0.141. The second kappa shape index (κ2) is 11.9. The first kappa shape index (κ1) is 25.5. The summed E-state index contributed by atoms with van der Waals surface area (Å²) < 4.78 is 16.2. The van der Waals surface area contributed by atoms with Crippen LogP contribution < -0.4 is 10.1 Å². The van der Waals surface area contributed by atoms with Crippen molar-refractivity contribution in [1.82, 2.24) is 15.2 Å². The van der Waals surface area contributed by atoms with E-state index >= 15 is 0 Å². The molecule has 1 amide bonds. The molecular weight excluding hydrogens is 480 g/mol. The Morgan fingerprint density at radius 3 is 2.67 bits per heavy atom. The average Bonchev–Trinajstić information content (AvgIpc) is 3.29. The van der Waals surface area contributed by atoms with Crippen LogP contribution in [0.1, 0.15) is 30.6 Å². The Morgan fingerprint density at radius 1 is 1.11 bits per heavy atom. The fourth-order valence-corrected chi connectivity index (χ4v) is 5.00. The van der Waals surface area contributed by atoms with E-state index in [1.807, 2.05) is 52.8 Å². The summed E-state index contributed by atoms with van der Waals surface area (Å²) in [4.78, 5) is 37.0. The summed E-state index contributed by atoms with van der Waals surface area (Å²) in [5, 5.41) is 5.50. The summed E-state index contributed by atoms with van der Waals surface area (Å²) >= 11 is 1.42. The molecule has 1 aromatic carbocycles. The number of amides is 1. The van der Waals surface area contributed by atoms with Crippen LogP contribution in [0, 0.1) is 0 Å². The Kier molecular flexibility index (Phi) is 8.40. The molecular formula is C26H28N4O5S. The van der Waals surface area contributed by atoms with Crippen LogP contribution >= 0.6 is 11.8 Å². The molecule has 1 atom stereocenters. The van der Waals surface area contributed by atoms with Crippen molar-refractivity contribution in [2.45, 2.75) is 25.9 Å². The van der Waals surface area contributed by atoms with Gasteiger partial charge in [-0.3, -0.25) is 9.78 Å². The highest BCUT2D eigenvalue weighted by Crippen LogP contribution is 2.46. The Labute approximate surface area is 214 Å². The number of hydrogen-bond donors (Lipinski definition) is 1. The van der Waals surface area contributed by atoms with E-state index in [0.29, 0.717) is 28.7 Å². The molecule has 0 bridgehead atoms. The van der Waals surface area contributed by atoms with Crippen LogP contribution in [-0.4, -0.2) is 54.4 Å². The third-order valence-electron chi connectivity index (χ3n) is 5.71. The first-order valence-electron chi connectivity index (χ1n) is 11.4. The largest absolute Gasteiger partial charge is 0.496 e. The van der Waals surface area contributed by atoms with E-state index in [-0.39, 0.29) is 25.5 Å². The minimum absolute atomic E-state index is 0.107. The summed E-state index contributed by atoms with van der Waals surface area (Å²) in [6.45, 7) is 2.52. The number of aromatic nitrogens is 1. The van der Waals surface area contributed by atoms with Crippen LogP contribution in [0.2, 0.25) is 0 Å². The minimum atomic E-state index is -0.575. The van der Waals surface area contributed by atoms with Crippen molar-refractivity contribution < 1.29 is 23.8 Å². The van der Waals surface area contributed by atoms with Gasteiger partial charge in [0.2, 0.25) is 5.91 Å². The van der Waals surface area contributed by atoms with Gasteiger partial charge in [-0.1, -0.05) is 36.0 Å². The van der Waals surface area contributed by atoms with E-state index in [1.54, 1.807) is 27.3 Å². The van der Waals surface area contributed by atoms with Crippen LogP contribution in [0.3, 0.4) is 0 Å². The fraction of sp³-hybridized carbons (Fsp3) is 0.308. The zero-order valence-corrected chi connectivity index (χ0v) is 21.2. The predicted octanol–water partition coefficient (Wildman–Crippen LogP) is 3.56. The number of methoxy groups -OCH3 is 2. The molecule has 0 saturated heterocycles. The number of amidine groups is 1. The number of allylic oxidation sites excluding steroid dienone is 1. The van der Waals surface area contributed by atoms with Crippen molar-refractivity contribution in [3.8, 4) is 5.75 Å². The Balaban J connectivity index is 1.63. The zero-order chi connectivity index (χ0) is 25.5. The number of para-hydroxylation sites is 1. The van der Waals surface area contributed by atoms with Crippen molar-refractivity contribution in [3.05, 3.63) is 82.3 Å². The van der Waals surface area contributed by atoms with Crippen molar-refractivity contribution in [2.24, 2.45) is 4.99 Å². The lowest BCUT2D eigenvalue weighted by Gasteiger charge is -2.36. The summed E-state index contributed by atoms with van der Waals surface area (Å²) in [5.41, 5.74) is 3.21. The number of benzene rings is 1. The molecule has 0 spiro atoms. The molecule has 9 nitrogen and oxygen atoms in total. The monoisotopic (exact) mass is 508 g/mol. The van der Waals surface area contributed by atoms with Crippen molar-refractivity contribution in [1.29, 1.82) is 0 Å². The molecule has 2 aromatic rings. The number of carbonyl (C=O) groups is 2. The van der Waals surface area contributed by atoms with Gasteiger partial charge in [0.15, 0.2) is 5.17 Å². The Morgan fingerprint density at radius 2 is 1.92 bits per heavy atom. The first-order valence-corrected chi connectivity index (χ1v) is 12.3. The van der Waals surface area contributed by atoms with E-state index < -0.39 is 12.0 Å². The van der Waals surface area contributed by atoms with Crippen LogP contribution in [0.5, 0.6) is 5.75 Å². The van der Waals surface area contributed by atoms with E-state index in [1.165, 1.54) is 11.8 Å². The molecule has 0 radical (unpaired) electrons. The minimum Gasteiger partial charge on any atom is -0.496 e. The average molecular weight is 509 g/mol. The maximum Gasteiger partial charge on any atom is 0.338 e. The van der Waals surface area contributed by atoms with Crippen molar-refractivity contribution in [3.63, 3.8) is 0 Å². The summed E-state index contributed by atoms with van der Waals surface area (Å²) in [6.07, 6.45) is 1.80. The molecule has 10 heteroatoms. The number of aliphatic imine (C=N–C) groups is 1. The molecule has 2 aliphatic rings. The summed E-state index contributed by atoms with van der Waals surface area (Å²) in [5.74, 6) is -0.0308. The van der Waals surface area contributed by atoms with Crippen LogP contribution in [-0.2, 0) is 25.6 Å². The van der Waals surface area contributed by atoms with Gasteiger partial charge in [-0.25, -0.2) is 9.79 Å². The third-order valence-corrected chi connectivity index (χ3v) is 6.60. The lowest BCUT2D eigenvalue weighted by Crippen LogP contribution is -2.38. The van der Waals surface area contributed by atoms with Crippen LogP contribution in [0.15, 0.2) is 76.0 Å². The normalized spacial score (nSPS) is 16.8. The molecule has 1 aromatic heterocycles. The third kappa shape index (κ3) is 5.60. The van der Waals surface area contributed by atoms with Crippen molar-refractivity contribution in [2.75, 3.05) is 27.4 Å². The standard InChI is InChI=1S/C26H28N4O5S/c1-17-23(25(32)35-13-12-33-2)24(20-9-4-5-10-21(20)34-3)30-19(16-36-26(30)29-17)14-22(31)28-15-18-8-6-7-11-27-18/h4-11,16,24H,12-15H2,1-3H3,(H,28,31)/t24-/m0/s1. The van der Waals surface area contributed by atoms with E-state index in [9.17, 15) is 9.59 Å². The van der Waals surface area contributed by atoms with E-state index in [2.05, 4.69) is 15.3 Å². The number of pyridine rings is 1. The zero-order valence-electron chi connectivity index (χ0n) is 20.4. The highest BCUT2D eigenvalue weighted by atomic mass is 32.2. The fourth-order valence-electron chi connectivity index (χ4n) is 4.03. The number of ether oxygens (including phenoxy) is 3. The molecule has 4 rings (SSSR count). The molecule has 188 valence electrons. The highest BCUT2D eigenvalue weighted by Gasteiger charge is 2.42. The van der Waals surface area contributed by atoms with Gasteiger partial charge in [-0.15, -0.1) is 0 Å². The number of fused-ring (bicyclic) bond motifs is 1. The van der Waals surface area contributed by atoms with Gasteiger partial charge in [-0.05, 0) is 30.5 Å². The summed E-state index contributed by atoms with van der Waals surface area (Å²) in [6, 6.07) is 12.5. The second-order valence-corrected chi connectivity index (χ2v) is 8.87. The van der Waals surface area contributed by atoms with Gasteiger partial charge in [0.25, 0.3) is 0 Å². The smallest absolute Gasteiger partial charge is 0.338 e. The maximum absolute atomic E-state index is 13.3. The maximum atomic E-state index is 13.3. The van der Waals surface area contributed by atoms with Crippen LogP contribution in [0.4, 0.5) is 0 Å². The number of esters is 1. The molecule has 3 heterocycles. The number of thioether (sulfide) groups is 1. The predicted molar refractivity (Wildman–Crippen MR) is 137 cm³/mol. The van der Waals surface area contributed by atoms with E-state index in [4.69, 9.17) is 14.2 Å². The second-order valence-electron chi connectivity index (χ2n) is 8.04. The molecule has 2 aliphatic heterocycles. The van der Waals surface area contributed by atoms with Crippen molar-refractivity contribution >= 4 is 28.8 Å². The Hall–Kier alpha value is -3.63. The molecule has 0 fully saturated rings. The van der Waals surface area contributed by atoms with Crippen LogP contribution in [0.25, 0.3) is 0 Å². The summed E-state index contributed by atoms with van der Waals surface area (Å²) in [7, 11) is 3.13. The quantitative estimate of drug-likeness (QED) is 0.384. The van der Waals surface area contributed by atoms with Gasteiger partial charge >= 0.3 is 5.97 Å². The number of nitrogens with one attached hydrogen (secondary N) is 1. The number of carbonyl (C=O) groups excluding carboxylic acids is 2. The lowest BCUT2D eigenvalue weighted by atomic mass is 9.93. The molecule has 0 aliphatic carbocycles. The number of hydrogen-bond acceptors (Lipinski definition) is 9. The number of nitrogens with zero attached hydrogens (tertiary/aromatic N) is 3. The highest BCUT2D eigenvalue weighted by molar-refractivity contribution is 8.16. The molecule has 0 saturated carbocycles. The van der Waals surface area contributed by atoms with Gasteiger partial charge in [0.1, 0.15) is 12.4 Å². The topological polar surface area (TPSA) is 102 Å².